The molecule has 1 aliphatic heterocycles. The van der Waals surface area contributed by atoms with Crippen molar-refractivity contribution in [2.24, 2.45) is 0 Å². The van der Waals surface area contributed by atoms with Crippen molar-refractivity contribution in [3.63, 3.8) is 0 Å². The zero-order valence-electron chi connectivity index (χ0n) is 30.9. The van der Waals surface area contributed by atoms with Gasteiger partial charge in [-0.1, -0.05) is 158 Å². The van der Waals surface area contributed by atoms with Gasteiger partial charge >= 0.3 is 0 Å². The molecule has 9 aromatic rings. The smallest absolute Gasteiger partial charge is 0.268 e. The van der Waals surface area contributed by atoms with Gasteiger partial charge in [0, 0.05) is 27.5 Å². The number of aromatic nitrogens is 1. The van der Waals surface area contributed by atoms with Crippen LogP contribution in [0.25, 0.3) is 76.8 Å². The number of carbonyl (C=O) groups excluding carboxylic acids is 2. The summed E-state index contributed by atoms with van der Waals surface area (Å²) in [4.78, 5) is 35.4. The summed E-state index contributed by atoms with van der Waals surface area (Å²) >= 11 is 0. The molecule has 10 rings (SSSR count). The predicted molar refractivity (Wildman–Crippen MR) is 231 cm³/mol. The highest BCUT2D eigenvalue weighted by atomic mass is 16.2. The lowest BCUT2D eigenvalue weighted by Gasteiger charge is -2.20. The Hall–Kier alpha value is -8.32. The van der Waals surface area contributed by atoms with Gasteiger partial charge in [0.15, 0.2) is 5.69 Å². The molecule has 58 heavy (non-hydrogen) atoms. The van der Waals surface area contributed by atoms with Gasteiger partial charge < -0.3 is 4.57 Å². The summed E-state index contributed by atoms with van der Waals surface area (Å²) in [7, 11) is 0. The number of benzene rings is 8. The molecule has 0 fully saturated rings. The maximum atomic E-state index is 15.3. The fourth-order valence-electron chi connectivity index (χ4n) is 8.47. The number of anilines is 1. The predicted octanol–water partition coefficient (Wildman–Crippen LogP) is 12.7. The van der Waals surface area contributed by atoms with Crippen LogP contribution in [0.4, 0.5) is 11.4 Å². The lowest BCUT2D eigenvalue weighted by molar-refractivity contribution is 0.0926. The van der Waals surface area contributed by atoms with Gasteiger partial charge in [-0.05, 0) is 52.1 Å². The largest absolute Gasteiger partial charge is 0.307 e. The van der Waals surface area contributed by atoms with Gasteiger partial charge in [-0.15, -0.1) is 0 Å². The third-order valence-electron chi connectivity index (χ3n) is 11.0. The fraction of sp³-hybridized carbons (Fsp3) is 0. The van der Waals surface area contributed by atoms with Crippen molar-refractivity contribution in [3.05, 3.63) is 210 Å². The number of rotatable bonds is 6. The lowest BCUT2D eigenvalue weighted by atomic mass is 9.97. The molecule has 0 unspecified atom stereocenters. The van der Waals surface area contributed by atoms with Crippen LogP contribution in [0.3, 0.4) is 0 Å². The van der Waals surface area contributed by atoms with Crippen LogP contribution < -0.4 is 4.90 Å². The zero-order valence-corrected chi connectivity index (χ0v) is 30.9. The minimum absolute atomic E-state index is 0.270. The summed E-state index contributed by atoms with van der Waals surface area (Å²) in [5.41, 5.74) is 10.7. The van der Waals surface area contributed by atoms with E-state index in [1.807, 2.05) is 164 Å². The number of para-hydroxylation sites is 3. The van der Waals surface area contributed by atoms with Crippen LogP contribution in [0.1, 0.15) is 26.3 Å². The molecule has 0 spiro atoms. The summed E-state index contributed by atoms with van der Waals surface area (Å²) in [6, 6.07) is 60.4. The molecule has 6 nitrogen and oxygen atoms in total. The van der Waals surface area contributed by atoms with Gasteiger partial charge in [-0.2, -0.15) is 5.26 Å². The second kappa shape index (κ2) is 13.8. The van der Waals surface area contributed by atoms with Crippen molar-refractivity contribution in [2.45, 2.75) is 0 Å². The van der Waals surface area contributed by atoms with Crippen LogP contribution in [0.5, 0.6) is 0 Å². The van der Waals surface area contributed by atoms with Crippen molar-refractivity contribution in [1.29, 1.82) is 5.26 Å². The third kappa shape index (κ3) is 5.25. The van der Waals surface area contributed by atoms with Crippen molar-refractivity contribution in [2.75, 3.05) is 4.90 Å². The van der Waals surface area contributed by atoms with Crippen LogP contribution in [-0.2, 0) is 0 Å². The lowest BCUT2D eigenvalue weighted by Crippen LogP contribution is -2.30. The molecule has 6 heteroatoms. The number of nitrogens with zero attached hydrogens (tertiary/aromatic N) is 4. The van der Waals surface area contributed by atoms with Gasteiger partial charge in [-0.25, -0.2) is 9.74 Å². The highest BCUT2D eigenvalue weighted by molar-refractivity contribution is 6.37. The topological polar surface area (TPSA) is 70.5 Å². The molecule has 0 saturated carbocycles. The minimum atomic E-state index is -0.443. The fourth-order valence-corrected chi connectivity index (χ4v) is 8.47. The maximum absolute atomic E-state index is 15.3. The Bertz CT molecular complexity index is 3130. The van der Waals surface area contributed by atoms with E-state index >= 15 is 4.79 Å². The van der Waals surface area contributed by atoms with E-state index < -0.39 is 11.8 Å². The van der Waals surface area contributed by atoms with E-state index in [4.69, 9.17) is 6.57 Å². The summed E-state index contributed by atoms with van der Waals surface area (Å²) in [6.07, 6.45) is 0. The van der Waals surface area contributed by atoms with Gasteiger partial charge in [-0.3, -0.25) is 9.59 Å². The zero-order chi connectivity index (χ0) is 39.3. The first-order chi connectivity index (χ1) is 28.6. The van der Waals surface area contributed by atoms with Crippen molar-refractivity contribution < 1.29 is 9.59 Å². The Morgan fingerprint density at radius 2 is 1.03 bits per heavy atom. The second-order valence-electron chi connectivity index (χ2n) is 14.1. The quantitative estimate of drug-likeness (QED) is 0.126. The van der Waals surface area contributed by atoms with E-state index in [9.17, 15) is 10.1 Å². The van der Waals surface area contributed by atoms with E-state index in [0.29, 0.717) is 22.6 Å². The monoisotopic (exact) mass is 742 g/mol. The molecule has 0 saturated heterocycles. The summed E-state index contributed by atoms with van der Waals surface area (Å²) in [5.74, 6) is -0.861. The van der Waals surface area contributed by atoms with E-state index in [1.165, 1.54) is 4.90 Å². The van der Waals surface area contributed by atoms with Gasteiger partial charge in [0.05, 0.1) is 51.7 Å². The van der Waals surface area contributed by atoms with E-state index in [0.717, 1.165) is 66.3 Å². The molecule has 0 N–H and O–H groups in total. The van der Waals surface area contributed by atoms with Gasteiger partial charge in [0.1, 0.15) is 0 Å². The Kier molecular flexibility index (Phi) is 8.11. The summed E-state index contributed by atoms with van der Waals surface area (Å²) in [5, 5.41) is 12.1. The van der Waals surface area contributed by atoms with Gasteiger partial charge in [0.25, 0.3) is 11.8 Å². The molecule has 2 heterocycles. The van der Waals surface area contributed by atoms with Gasteiger partial charge in [0.2, 0.25) is 0 Å². The molecule has 270 valence electrons. The van der Waals surface area contributed by atoms with E-state index in [-0.39, 0.29) is 11.1 Å². The molecule has 0 atom stereocenters. The highest BCUT2D eigenvalue weighted by Gasteiger charge is 2.41. The molecular formula is C52H30N4O2. The van der Waals surface area contributed by atoms with Crippen LogP contribution in [0.15, 0.2) is 182 Å². The second-order valence-corrected chi connectivity index (χ2v) is 14.1. The number of carbonyl (C=O) groups is 2. The first-order valence-electron chi connectivity index (χ1n) is 18.9. The number of amides is 2. The molecule has 0 radical (unpaired) electrons. The average molecular weight is 743 g/mol. The Morgan fingerprint density at radius 1 is 0.466 bits per heavy atom. The standard InChI is InChI=1S/C52H30N4O2/c1-54-45-27-11-10-21-39(45)41-23-13-25-43-42-24-12-22-40(37-20-9-8-19-36(37)32-53)49(42)55(50(41)43)46-28-14-26-44-48(46)52(58)56(51(44)57)47-31-35(33-15-4-2-5-16-33)29-30-38(47)34-17-6-3-7-18-34/h2-31H. The number of imide groups is 1. The van der Waals surface area contributed by atoms with Crippen molar-refractivity contribution >= 4 is 45.0 Å². The summed E-state index contributed by atoms with van der Waals surface area (Å²) < 4.78 is 2.07. The molecular weight excluding hydrogens is 713 g/mol. The molecule has 8 aromatic carbocycles. The summed E-state index contributed by atoms with van der Waals surface area (Å²) in [6.45, 7) is 8.06. The SMILES string of the molecule is [C-]#[N+]c1ccccc1-c1cccc2c3cccc(-c4ccccc4C#N)c3n(-c3cccc4c3C(=O)N(c3cc(-c5ccccc5)ccc3-c3ccccc3)C4=O)c12. The molecule has 0 aliphatic carbocycles. The maximum Gasteiger partial charge on any atom is 0.268 e. The first kappa shape index (κ1) is 34.2. The highest BCUT2D eigenvalue weighted by Crippen LogP contribution is 2.46. The van der Waals surface area contributed by atoms with Crippen LogP contribution in [0.2, 0.25) is 0 Å². The number of fused-ring (bicyclic) bond motifs is 4. The number of nitriles is 1. The Morgan fingerprint density at radius 3 is 1.72 bits per heavy atom. The van der Waals surface area contributed by atoms with Crippen molar-refractivity contribution in [1.82, 2.24) is 4.57 Å². The normalized spacial score (nSPS) is 12.1. The molecule has 1 aromatic heterocycles. The molecule has 1 aliphatic rings. The third-order valence-corrected chi connectivity index (χ3v) is 11.0. The number of hydrogen-bond acceptors (Lipinski definition) is 3. The van der Waals surface area contributed by atoms with E-state index in [1.54, 1.807) is 18.2 Å². The Labute approximate surface area is 334 Å². The minimum Gasteiger partial charge on any atom is -0.307 e. The average Bonchev–Trinajstić information content (AvgIpc) is 3.77. The van der Waals surface area contributed by atoms with E-state index in [2.05, 4.69) is 15.5 Å². The van der Waals surface area contributed by atoms with Crippen LogP contribution >= 0.6 is 0 Å². The Balaban J connectivity index is 1.28. The first-order valence-corrected chi connectivity index (χ1v) is 18.9. The number of hydrogen-bond donors (Lipinski definition) is 0. The molecule has 2 amide bonds. The molecule has 0 bridgehead atoms. The van der Waals surface area contributed by atoms with Crippen LogP contribution in [0, 0.1) is 17.9 Å². The van der Waals surface area contributed by atoms with Crippen molar-refractivity contribution in [3.8, 4) is 56.3 Å². The van der Waals surface area contributed by atoms with Crippen LogP contribution in [-0.4, -0.2) is 16.4 Å².